The molecule has 2 aromatic rings. The molecule has 8 heteroatoms. The Hall–Kier alpha value is -2.35. The summed E-state index contributed by atoms with van der Waals surface area (Å²) in [4.78, 5) is 23.9. The third kappa shape index (κ3) is 5.82. The SMILES string of the molecule is CC[C@H](Sc1nnc(CNC(=O)c2ccc(C(C)(C)C)cc2)o1)C(=O)OC. The Balaban J connectivity index is 1.92. The van der Waals surface area contributed by atoms with Gasteiger partial charge in [-0.3, -0.25) is 9.59 Å². The summed E-state index contributed by atoms with van der Waals surface area (Å²) >= 11 is 1.15. The summed E-state index contributed by atoms with van der Waals surface area (Å²) in [6, 6.07) is 7.50. The number of hydrogen-bond donors (Lipinski definition) is 1. The third-order valence-corrected chi connectivity index (χ3v) is 5.12. The molecule has 0 radical (unpaired) electrons. The van der Waals surface area contributed by atoms with Gasteiger partial charge in [-0.25, -0.2) is 0 Å². The molecular weight excluding hydrogens is 366 g/mol. The fourth-order valence-corrected chi connectivity index (χ4v) is 3.12. The van der Waals surface area contributed by atoms with Crippen molar-refractivity contribution >= 4 is 23.6 Å². The molecule has 27 heavy (non-hydrogen) atoms. The van der Waals surface area contributed by atoms with E-state index in [2.05, 4.69) is 36.3 Å². The second-order valence-corrected chi connectivity index (χ2v) is 8.16. The van der Waals surface area contributed by atoms with E-state index in [1.165, 1.54) is 7.11 Å². The summed E-state index contributed by atoms with van der Waals surface area (Å²) in [5.74, 6) is -0.282. The molecule has 1 N–H and O–H groups in total. The van der Waals surface area contributed by atoms with E-state index in [-0.39, 0.29) is 34.9 Å². The molecule has 1 aromatic carbocycles. The number of benzene rings is 1. The van der Waals surface area contributed by atoms with Gasteiger partial charge in [0.1, 0.15) is 5.25 Å². The Labute approximate surface area is 163 Å². The van der Waals surface area contributed by atoms with E-state index in [9.17, 15) is 9.59 Å². The Bertz CT molecular complexity index is 781. The smallest absolute Gasteiger partial charge is 0.319 e. The number of hydrogen-bond acceptors (Lipinski definition) is 7. The first-order valence-electron chi connectivity index (χ1n) is 8.70. The van der Waals surface area contributed by atoms with Gasteiger partial charge < -0.3 is 14.5 Å². The number of ether oxygens (including phenoxy) is 1. The largest absolute Gasteiger partial charge is 0.468 e. The van der Waals surface area contributed by atoms with Gasteiger partial charge in [0.2, 0.25) is 5.89 Å². The first kappa shape index (κ1) is 21.0. The number of esters is 1. The quantitative estimate of drug-likeness (QED) is 0.571. The molecule has 1 heterocycles. The lowest BCUT2D eigenvalue weighted by atomic mass is 9.87. The van der Waals surface area contributed by atoms with Crippen molar-refractivity contribution in [1.82, 2.24) is 15.5 Å². The molecule has 0 aliphatic rings. The molecule has 0 aliphatic carbocycles. The van der Waals surface area contributed by atoms with Crippen LogP contribution in [0.1, 0.15) is 55.9 Å². The number of carbonyl (C=O) groups is 2. The molecule has 1 amide bonds. The van der Waals surface area contributed by atoms with Crippen LogP contribution in [-0.4, -0.2) is 34.4 Å². The molecule has 1 atom stereocenters. The average molecular weight is 391 g/mol. The van der Waals surface area contributed by atoms with Crippen LogP contribution in [0.2, 0.25) is 0 Å². The van der Waals surface area contributed by atoms with Crippen molar-refractivity contribution in [2.75, 3.05) is 7.11 Å². The van der Waals surface area contributed by atoms with Crippen molar-refractivity contribution in [2.24, 2.45) is 0 Å². The predicted molar refractivity (Wildman–Crippen MR) is 103 cm³/mol. The van der Waals surface area contributed by atoms with E-state index in [1.54, 1.807) is 12.1 Å². The first-order valence-corrected chi connectivity index (χ1v) is 9.58. The summed E-state index contributed by atoms with van der Waals surface area (Å²) in [7, 11) is 1.34. The summed E-state index contributed by atoms with van der Waals surface area (Å²) in [6.45, 7) is 8.35. The Morgan fingerprint density at radius 3 is 2.44 bits per heavy atom. The standard InChI is InChI=1S/C19H25N3O4S/c1-6-14(17(24)25-5)27-18-22-21-15(26-18)11-20-16(23)12-7-9-13(10-8-12)19(2,3)4/h7-10,14H,6,11H2,1-5H3,(H,20,23)/t14-/m0/s1. The van der Waals surface area contributed by atoms with Crippen LogP contribution in [0, 0.1) is 0 Å². The lowest BCUT2D eigenvalue weighted by Gasteiger charge is -2.18. The fraction of sp³-hybridized carbons (Fsp3) is 0.474. The fourth-order valence-electron chi connectivity index (χ4n) is 2.29. The predicted octanol–water partition coefficient (Wildman–Crippen LogP) is 3.34. The highest BCUT2D eigenvalue weighted by Crippen LogP contribution is 2.25. The Morgan fingerprint density at radius 1 is 1.22 bits per heavy atom. The van der Waals surface area contributed by atoms with Crippen molar-refractivity contribution in [1.29, 1.82) is 0 Å². The maximum absolute atomic E-state index is 12.3. The Morgan fingerprint density at radius 2 is 1.89 bits per heavy atom. The van der Waals surface area contributed by atoms with Crippen LogP contribution in [-0.2, 0) is 21.5 Å². The summed E-state index contributed by atoms with van der Waals surface area (Å²) in [5, 5.41) is 10.4. The summed E-state index contributed by atoms with van der Waals surface area (Å²) in [5.41, 5.74) is 1.76. The molecular formula is C19H25N3O4S. The zero-order valence-electron chi connectivity index (χ0n) is 16.2. The molecule has 0 aliphatic heterocycles. The number of thioether (sulfide) groups is 1. The minimum atomic E-state index is -0.403. The Kier molecular flexibility index (Phi) is 7.01. The molecule has 1 aromatic heterocycles. The summed E-state index contributed by atoms with van der Waals surface area (Å²) < 4.78 is 10.2. The van der Waals surface area contributed by atoms with E-state index < -0.39 is 5.25 Å². The monoisotopic (exact) mass is 391 g/mol. The highest BCUT2D eigenvalue weighted by molar-refractivity contribution is 8.00. The molecule has 0 spiro atoms. The molecule has 0 unspecified atom stereocenters. The molecule has 7 nitrogen and oxygen atoms in total. The maximum atomic E-state index is 12.3. The third-order valence-electron chi connectivity index (χ3n) is 3.94. The lowest BCUT2D eigenvalue weighted by Crippen LogP contribution is -2.23. The minimum absolute atomic E-state index is 0.0351. The second kappa shape index (κ2) is 9.03. The molecule has 146 valence electrons. The van der Waals surface area contributed by atoms with Gasteiger partial charge in [-0.15, -0.1) is 10.2 Å². The average Bonchev–Trinajstić information content (AvgIpc) is 3.10. The number of nitrogens with zero attached hydrogens (tertiary/aromatic N) is 2. The number of amides is 1. The number of carbonyl (C=O) groups excluding carboxylic acids is 2. The number of rotatable bonds is 7. The van der Waals surface area contributed by atoms with Crippen molar-refractivity contribution in [3.05, 3.63) is 41.3 Å². The normalized spacial score (nSPS) is 12.5. The zero-order chi connectivity index (χ0) is 20.0. The van der Waals surface area contributed by atoms with E-state index in [0.29, 0.717) is 12.0 Å². The number of aromatic nitrogens is 2. The lowest BCUT2D eigenvalue weighted by molar-refractivity contribution is -0.140. The molecule has 0 fully saturated rings. The maximum Gasteiger partial charge on any atom is 0.319 e. The van der Waals surface area contributed by atoms with Gasteiger partial charge in [-0.1, -0.05) is 51.6 Å². The number of nitrogens with one attached hydrogen (secondary N) is 1. The molecule has 0 saturated heterocycles. The van der Waals surface area contributed by atoms with Crippen LogP contribution < -0.4 is 5.32 Å². The van der Waals surface area contributed by atoms with Gasteiger partial charge in [0.15, 0.2) is 0 Å². The van der Waals surface area contributed by atoms with E-state index in [4.69, 9.17) is 9.15 Å². The van der Waals surface area contributed by atoms with Crippen LogP contribution >= 0.6 is 11.8 Å². The van der Waals surface area contributed by atoms with Crippen LogP contribution in [0.15, 0.2) is 33.9 Å². The van der Waals surface area contributed by atoms with E-state index in [0.717, 1.165) is 17.3 Å². The zero-order valence-corrected chi connectivity index (χ0v) is 17.1. The molecule has 2 rings (SSSR count). The highest BCUT2D eigenvalue weighted by Gasteiger charge is 2.22. The minimum Gasteiger partial charge on any atom is -0.468 e. The van der Waals surface area contributed by atoms with Gasteiger partial charge in [0, 0.05) is 5.56 Å². The van der Waals surface area contributed by atoms with E-state index >= 15 is 0 Å². The molecule has 0 bridgehead atoms. The topological polar surface area (TPSA) is 94.3 Å². The van der Waals surface area contributed by atoms with Crippen molar-refractivity contribution in [3.63, 3.8) is 0 Å². The van der Waals surface area contributed by atoms with Crippen LogP contribution in [0.5, 0.6) is 0 Å². The van der Waals surface area contributed by atoms with Crippen LogP contribution in [0.4, 0.5) is 0 Å². The number of methoxy groups -OCH3 is 1. The van der Waals surface area contributed by atoms with Crippen molar-refractivity contribution < 1.29 is 18.7 Å². The summed E-state index contributed by atoms with van der Waals surface area (Å²) in [6.07, 6.45) is 0.580. The van der Waals surface area contributed by atoms with Gasteiger partial charge in [0.05, 0.1) is 13.7 Å². The van der Waals surface area contributed by atoms with Crippen LogP contribution in [0.3, 0.4) is 0 Å². The van der Waals surface area contributed by atoms with Gasteiger partial charge in [0.25, 0.3) is 11.1 Å². The van der Waals surface area contributed by atoms with Crippen molar-refractivity contribution in [2.45, 2.75) is 56.5 Å². The van der Waals surface area contributed by atoms with Gasteiger partial charge >= 0.3 is 5.97 Å². The highest BCUT2D eigenvalue weighted by atomic mass is 32.2. The van der Waals surface area contributed by atoms with Crippen molar-refractivity contribution in [3.8, 4) is 0 Å². The van der Waals surface area contributed by atoms with Crippen LogP contribution in [0.25, 0.3) is 0 Å². The van der Waals surface area contributed by atoms with E-state index in [1.807, 2.05) is 19.1 Å². The van der Waals surface area contributed by atoms with Gasteiger partial charge in [-0.2, -0.15) is 0 Å². The second-order valence-electron chi connectivity index (χ2n) is 7.01. The first-order chi connectivity index (χ1) is 12.7. The molecule has 0 saturated carbocycles. The van der Waals surface area contributed by atoms with Gasteiger partial charge in [-0.05, 0) is 29.5 Å².